The second-order valence-corrected chi connectivity index (χ2v) is 6.77. The third-order valence-corrected chi connectivity index (χ3v) is 4.73. The molecule has 23 heavy (non-hydrogen) atoms. The van der Waals surface area contributed by atoms with Gasteiger partial charge in [-0.2, -0.15) is 4.98 Å². The Morgan fingerprint density at radius 3 is 2.57 bits per heavy atom. The zero-order valence-corrected chi connectivity index (χ0v) is 14.5. The number of amides is 1. The molecule has 0 N–H and O–H groups in total. The highest BCUT2D eigenvalue weighted by Gasteiger charge is 2.24. The Labute approximate surface area is 140 Å². The van der Waals surface area contributed by atoms with Crippen LogP contribution in [0.15, 0.2) is 23.6 Å². The predicted octanol–water partition coefficient (Wildman–Crippen LogP) is 1.87. The van der Waals surface area contributed by atoms with Crippen LogP contribution < -0.4 is 9.80 Å². The van der Waals surface area contributed by atoms with E-state index in [1.54, 1.807) is 0 Å². The first-order valence-electron chi connectivity index (χ1n) is 7.65. The van der Waals surface area contributed by atoms with Crippen LogP contribution in [0.5, 0.6) is 0 Å². The lowest BCUT2D eigenvalue weighted by Gasteiger charge is -2.34. The molecule has 0 aliphatic carbocycles. The van der Waals surface area contributed by atoms with Crippen molar-refractivity contribution in [3.63, 3.8) is 0 Å². The molecule has 122 valence electrons. The average molecular weight is 331 g/mol. The Kier molecular flexibility index (Phi) is 4.47. The molecule has 0 saturated carbocycles. The van der Waals surface area contributed by atoms with E-state index in [1.807, 2.05) is 54.4 Å². The van der Waals surface area contributed by atoms with Gasteiger partial charge in [0.15, 0.2) is 0 Å². The molecule has 0 aromatic carbocycles. The van der Waals surface area contributed by atoms with Gasteiger partial charge in [-0.3, -0.25) is 4.79 Å². The third kappa shape index (κ3) is 3.44. The van der Waals surface area contributed by atoms with Gasteiger partial charge in [0.25, 0.3) is 5.91 Å². The second-order valence-electron chi connectivity index (χ2n) is 5.82. The molecular formula is C16H21N5OS. The van der Waals surface area contributed by atoms with Gasteiger partial charge in [-0.05, 0) is 18.4 Å². The van der Waals surface area contributed by atoms with Crippen molar-refractivity contribution < 1.29 is 4.79 Å². The van der Waals surface area contributed by atoms with Gasteiger partial charge < -0.3 is 14.7 Å². The van der Waals surface area contributed by atoms with E-state index >= 15 is 0 Å². The van der Waals surface area contributed by atoms with Crippen LogP contribution in [0, 0.1) is 6.92 Å². The lowest BCUT2D eigenvalue weighted by Crippen LogP contribution is -2.49. The highest BCUT2D eigenvalue weighted by Crippen LogP contribution is 2.19. The summed E-state index contributed by atoms with van der Waals surface area (Å²) in [6.07, 6.45) is 0. The highest BCUT2D eigenvalue weighted by atomic mass is 32.1. The predicted molar refractivity (Wildman–Crippen MR) is 93.5 cm³/mol. The molecule has 6 nitrogen and oxygen atoms in total. The van der Waals surface area contributed by atoms with Gasteiger partial charge >= 0.3 is 0 Å². The standard InChI is InChI=1S/C16H21N5OS/c1-12-11-14(19(2)3)18-16(17-12)21-8-6-20(7-9-21)15(22)13-5-4-10-23-13/h4-5,10-11H,6-9H2,1-3H3. The van der Waals surface area contributed by atoms with Crippen LogP contribution in [0.1, 0.15) is 15.4 Å². The summed E-state index contributed by atoms with van der Waals surface area (Å²) >= 11 is 1.49. The summed E-state index contributed by atoms with van der Waals surface area (Å²) in [6, 6.07) is 5.77. The Morgan fingerprint density at radius 2 is 1.96 bits per heavy atom. The molecule has 7 heteroatoms. The van der Waals surface area contributed by atoms with E-state index in [2.05, 4.69) is 14.9 Å². The molecular weight excluding hydrogens is 310 g/mol. The molecule has 2 aromatic heterocycles. The van der Waals surface area contributed by atoms with Crippen molar-refractivity contribution in [2.75, 3.05) is 50.1 Å². The quantitative estimate of drug-likeness (QED) is 0.859. The van der Waals surface area contributed by atoms with Crippen molar-refractivity contribution in [2.45, 2.75) is 6.92 Å². The number of thiophene rings is 1. The van der Waals surface area contributed by atoms with Crippen molar-refractivity contribution in [1.29, 1.82) is 0 Å². The maximum atomic E-state index is 12.4. The molecule has 2 aromatic rings. The smallest absolute Gasteiger partial charge is 0.264 e. The van der Waals surface area contributed by atoms with Gasteiger partial charge in [0.05, 0.1) is 4.88 Å². The summed E-state index contributed by atoms with van der Waals surface area (Å²) in [4.78, 5) is 28.4. The molecule has 3 heterocycles. The summed E-state index contributed by atoms with van der Waals surface area (Å²) in [6.45, 7) is 4.90. The number of anilines is 2. The minimum atomic E-state index is 0.124. The lowest BCUT2D eigenvalue weighted by molar-refractivity contribution is 0.0751. The van der Waals surface area contributed by atoms with Crippen molar-refractivity contribution >= 4 is 29.0 Å². The lowest BCUT2D eigenvalue weighted by atomic mass is 10.3. The number of nitrogens with zero attached hydrogens (tertiary/aromatic N) is 5. The Balaban J connectivity index is 1.68. The molecule has 0 bridgehead atoms. The molecule has 1 aliphatic heterocycles. The first-order valence-corrected chi connectivity index (χ1v) is 8.53. The van der Waals surface area contributed by atoms with E-state index in [0.29, 0.717) is 13.1 Å². The minimum Gasteiger partial charge on any atom is -0.363 e. The van der Waals surface area contributed by atoms with Crippen LogP contribution >= 0.6 is 11.3 Å². The van der Waals surface area contributed by atoms with Crippen molar-refractivity contribution in [3.8, 4) is 0 Å². The Morgan fingerprint density at radius 1 is 1.22 bits per heavy atom. The molecule has 0 atom stereocenters. The van der Waals surface area contributed by atoms with Gasteiger partial charge in [-0.25, -0.2) is 4.98 Å². The first kappa shape index (κ1) is 15.7. The molecule has 1 fully saturated rings. The number of aryl methyl sites for hydroxylation is 1. The highest BCUT2D eigenvalue weighted by molar-refractivity contribution is 7.12. The zero-order valence-electron chi connectivity index (χ0n) is 13.7. The largest absolute Gasteiger partial charge is 0.363 e. The first-order chi connectivity index (χ1) is 11.0. The fraction of sp³-hybridized carbons (Fsp3) is 0.438. The number of hydrogen-bond donors (Lipinski definition) is 0. The number of rotatable bonds is 3. The van der Waals surface area contributed by atoms with Gasteiger partial charge in [0, 0.05) is 52.0 Å². The SMILES string of the molecule is Cc1cc(N(C)C)nc(N2CCN(C(=O)c3cccs3)CC2)n1. The topological polar surface area (TPSA) is 52.6 Å². The van der Waals surface area contributed by atoms with Crippen LogP contribution in [-0.4, -0.2) is 61.0 Å². The van der Waals surface area contributed by atoms with E-state index in [0.717, 1.165) is 35.4 Å². The molecule has 1 amide bonds. The van der Waals surface area contributed by atoms with Gasteiger partial charge in [-0.1, -0.05) is 6.07 Å². The van der Waals surface area contributed by atoms with Crippen LogP contribution in [0.2, 0.25) is 0 Å². The molecule has 3 rings (SSSR count). The Hall–Kier alpha value is -2.15. The summed E-state index contributed by atoms with van der Waals surface area (Å²) in [7, 11) is 3.95. The monoisotopic (exact) mass is 331 g/mol. The fourth-order valence-electron chi connectivity index (χ4n) is 2.57. The summed E-state index contributed by atoms with van der Waals surface area (Å²) in [5.41, 5.74) is 0.954. The van der Waals surface area contributed by atoms with Crippen molar-refractivity contribution in [1.82, 2.24) is 14.9 Å². The average Bonchev–Trinajstić information content (AvgIpc) is 3.08. The number of carbonyl (C=O) groups excluding carboxylic acids is 1. The van der Waals surface area contributed by atoms with E-state index in [-0.39, 0.29) is 5.91 Å². The molecule has 0 radical (unpaired) electrons. The fourth-order valence-corrected chi connectivity index (χ4v) is 3.26. The molecule has 1 aliphatic rings. The molecule has 1 saturated heterocycles. The third-order valence-electron chi connectivity index (χ3n) is 3.87. The Bertz CT molecular complexity index is 678. The summed E-state index contributed by atoms with van der Waals surface area (Å²) in [5.74, 6) is 1.78. The van der Waals surface area contributed by atoms with Crippen LogP contribution in [0.25, 0.3) is 0 Å². The molecule has 0 unspecified atom stereocenters. The number of piperazine rings is 1. The maximum Gasteiger partial charge on any atom is 0.264 e. The van der Waals surface area contributed by atoms with Crippen LogP contribution in [0.3, 0.4) is 0 Å². The number of carbonyl (C=O) groups is 1. The van der Waals surface area contributed by atoms with E-state index in [9.17, 15) is 4.79 Å². The second kappa shape index (κ2) is 6.54. The van der Waals surface area contributed by atoms with Crippen molar-refractivity contribution in [2.24, 2.45) is 0 Å². The minimum absolute atomic E-state index is 0.124. The van der Waals surface area contributed by atoms with Crippen molar-refractivity contribution in [3.05, 3.63) is 34.2 Å². The molecule has 0 spiro atoms. The normalized spacial score (nSPS) is 14.9. The number of aromatic nitrogens is 2. The van der Waals surface area contributed by atoms with E-state index < -0.39 is 0 Å². The van der Waals surface area contributed by atoms with E-state index in [1.165, 1.54) is 11.3 Å². The van der Waals surface area contributed by atoms with Gasteiger partial charge in [-0.15, -0.1) is 11.3 Å². The summed E-state index contributed by atoms with van der Waals surface area (Å²) < 4.78 is 0. The number of hydrogen-bond acceptors (Lipinski definition) is 6. The summed E-state index contributed by atoms with van der Waals surface area (Å²) in [5, 5.41) is 1.94. The van der Waals surface area contributed by atoms with Gasteiger partial charge in [0.1, 0.15) is 5.82 Å². The van der Waals surface area contributed by atoms with Crippen LogP contribution in [-0.2, 0) is 0 Å². The zero-order chi connectivity index (χ0) is 16.4. The van der Waals surface area contributed by atoms with E-state index in [4.69, 9.17) is 0 Å². The maximum absolute atomic E-state index is 12.4. The van der Waals surface area contributed by atoms with Crippen LogP contribution in [0.4, 0.5) is 11.8 Å². The van der Waals surface area contributed by atoms with Gasteiger partial charge in [0.2, 0.25) is 5.95 Å².